The monoisotopic (exact) mass is 287 g/mol. The summed E-state index contributed by atoms with van der Waals surface area (Å²) < 4.78 is 6.25. The molecule has 0 saturated carbocycles. The van der Waals surface area contributed by atoms with Crippen molar-refractivity contribution >= 4 is 5.97 Å². The van der Waals surface area contributed by atoms with Gasteiger partial charge in [0.15, 0.2) is 0 Å². The zero-order valence-corrected chi connectivity index (χ0v) is 11.8. The van der Waals surface area contributed by atoms with Gasteiger partial charge in [-0.1, -0.05) is 0 Å². The average Bonchev–Trinajstić information content (AvgIpc) is 2.80. The second kappa shape index (κ2) is 6.04. The molecule has 2 aromatic heterocycles. The number of aryl methyl sites for hydroxylation is 2. The van der Waals surface area contributed by atoms with E-state index in [2.05, 4.69) is 25.5 Å². The van der Waals surface area contributed by atoms with E-state index < -0.39 is 11.9 Å². The minimum absolute atomic E-state index is 0.0961. The van der Waals surface area contributed by atoms with Gasteiger partial charge in [-0.2, -0.15) is 10.4 Å². The zero-order valence-electron chi connectivity index (χ0n) is 11.8. The van der Waals surface area contributed by atoms with E-state index in [1.165, 1.54) is 4.68 Å². The highest BCUT2D eigenvalue weighted by Crippen LogP contribution is 2.11. The summed E-state index contributed by atoms with van der Waals surface area (Å²) in [6.45, 7) is 5.50. The largest absolute Gasteiger partial charge is 0.465 e. The van der Waals surface area contributed by atoms with Crippen LogP contribution < -0.4 is 0 Å². The standard InChI is InChI=1S/C12H13N7O2/c1-4-21-11(20)9(6-13)10-14-16-12(17-15-10)19-8(3)5-7(2)18-19/h5,9H,4H2,1-3H3. The van der Waals surface area contributed by atoms with Crippen molar-refractivity contribution in [2.75, 3.05) is 6.61 Å². The normalized spacial score (nSPS) is 11.7. The fourth-order valence-corrected chi connectivity index (χ4v) is 1.70. The van der Waals surface area contributed by atoms with Gasteiger partial charge in [-0.15, -0.1) is 20.4 Å². The topological polar surface area (TPSA) is 119 Å². The molecule has 108 valence electrons. The van der Waals surface area contributed by atoms with E-state index in [-0.39, 0.29) is 18.4 Å². The first-order valence-corrected chi connectivity index (χ1v) is 6.24. The predicted molar refractivity (Wildman–Crippen MR) is 69.2 cm³/mol. The number of aromatic nitrogens is 6. The molecule has 0 spiro atoms. The molecule has 0 aromatic carbocycles. The van der Waals surface area contributed by atoms with Gasteiger partial charge < -0.3 is 4.74 Å². The molecule has 0 N–H and O–H groups in total. The highest BCUT2D eigenvalue weighted by atomic mass is 16.5. The van der Waals surface area contributed by atoms with Crippen LogP contribution in [0.15, 0.2) is 6.07 Å². The maximum Gasteiger partial charge on any atom is 0.331 e. The second-order valence-corrected chi connectivity index (χ2v) is 4.21. The summed E-state index contributed by atoms with van der Waals surface area (Å²) in [5, 5.41) is 28.5. The SMILES string of the molecule is CCOC(=O)C(C#N)c1nnc(-n2nc(C)cc2C)nn1. The number of rotatable bonds is 4. The lowest BCUT2D eigenvalue weighted by atomic mass is 10.1. The summed E-state index contributed by atoms with van der Waals surface area (Å²) in [5.74, 6) is -1.88. The maximum absolute atomic E-state index is 11.6. The molecule has 2 aromatic rings. The number of hydrogen-bond donors (Lipinski definition) is 0. The Bertz CT molecular complexity index is 687. The molecule has 9 heteroatoms. The summed E-state index contributed by atoms with van der Waals surface area (Å²) in [4.78, 5) is 11.6. The molecule has 1 atom stereocenters. The van der Waals surface area contributed by atoms with Crippen molar-refractivity contribution in [2.45, 2.75) is 26.7 Å². The van der Waals surface area contributed by atoms with Crippen LogP contribution in [0.4, 0.5) is 0 Å². The van der Waals surface area contributed by atoms with Crippen molar-refractivity contribution in [1.29, 1.82) is 5.26 Å². The van der Waals surface area contributed by atoms with Gasteiger partial charge in [0.1, 0.15) is 0 Å². The van der Waals surface area contributed by atoms with Gasteiger partial charge in [0, 0.05) is 5.69 Å². The molecule has 0 fully saturated rings. The quantitative estimate of drug-likeness (QED) is 0.733. The third-order valence-electron chi connectivity index (χ3n) is 2.59. The van der Waals surface area contributed by atoms with Crippen LogP contribution in [0.25, 0.3) is 5.95 Å². The highest BCUT2D eigenvalue weighted by molar-refractivity contribution is 5.80. The van der Waals surface area contributed by atoms with Gasteiger partial charge >= 0.3 is 5.97 Å². The molecule has 0 amide bonds. The molecule has 9 nitrogen and oxygen atoms in total. The van der Waals surface area contributed by atoms with E-state index in [9.17, 15) is 4.79 Å². The number of nitriles is 1. The summed E-state index contributed by atoms with van der Waals surface area (Å²) >= 11 is 0. The smallest absolute Gasteiger partial charge is 0.331 e. The van der Waals surface area contributed by atoms with Crippen LogP contribution in [0, 0.1) is 25.2 Å². The van der Waals surface area contributed by atoms with Gasteiger partial charge in [-0.05, 0) is 26.8 Å². The van der Waals surface area contributed by atoms with Crippen LogP contribution in [-0.2, 0) is 9.53 Å². The Morgan fingerprint density at radius 3 is 2.52 bits per heavy atom. The lowest BCUT2D eigenvalue weighted by Gasteiger charge is -2.06. The number of nitrogens with zero attached hydrogens (tertiary/aromatic N) is 7. The van der Waals surface area contributed by atoms with E-state index in [0.717, 1.165) is 11.4 Å². The van der Waals surface area contributed by atoms with Crippen LogP contribution in [0.1, 0.15) is 30.1 Å². The second-order valence-electron chi connectivity index (χ2n) is 4.21. The first-order valence-electron chi connectivity index (χ1n) is 6.24. The lowest BCUT2D eigenvalue weighted by Crippen LogP contribution is -2.19. The number of carbonyl (C=O) groups excluding carboxylic acids is 1. The number of ether oxygens (including phenoxy) is 1. The van der Waals surface area contributed by atoms with Gasteiger partial charge in [0.2, 0.25) is 11.7 Å². The Balaban J connectivity index is 2.28. The van der Waals surface area contributed by atoms with Crippen LogP contribution in [0.2, 0.25) is 0 Å². The van der Waals surface area contributed by atoms with E-state index in [1.807, 2.05) is 19.9 Å². The van der Waals surface area contributed by atoms with Crippen molar-refractivity contribution in [2.24, 2.45) is 0 Å². The zero-order chi connectivity index (χ0) is 15.4. The molecule has 2 heterocycles. The van der Waals surface area contributed by atoms with Crippen molar-refractivity contribution < 1.29 is 9.53 Å². The molecule has 0 radical (unpaired) electrons. The number of hydrogen-bond acceptors (Lipinski definition) is 8. The van der Waals surface area contributed by atoms with Crippen molar-refractivity contribution in [1.82, 2.24) is 30.2 Å². The summed E-state index contributed by atoms with van der Waals surface area (Å²) in [7, 11) is 0. The van der Waals surface area contributed by atoms with Crippen LogP contribution in [0.5, 0.6) is 0 Å². The third kappa shape index (κ3) is 3.00. The van der Waals surface area contributed by atoms with Crippen LogP contribution in [0.3, 0.4) is 0 Å². The lowest BCUT2D eigenvalue weighted by molar-refractivity contribution is -0.143. The third-order valence-corrected chi connectivity index (χ3v) is 2.59. The molecule has 0 aliphatic carbocycles. The molecule has 0 aliphatic heterocycles. The highest BCUT2D eigenvalue weighted by Gasteiger charge is 2.26. The first-order chi connectivity index (χ1) is 10.1. The molecular weight excluding hydrogens is 274 g/mol. The van der Waals surface area contributed by atoms with Crippen molar-refractivity contribution in [3.8, 4) is 12.0 Å². The molecule has 1 unspecified atom stereocenters. The minimum Gasteiger partial charge on any atom is -0.465 e. The van der Waals surface area contributed by atoms with E-state index >= 15 is 0 Å². The molecule has 2 rings (SSSR count). The summed E-state index contributed by atoms with van der Waals surface area (Å²) in [6, 6.07) is 3.63. The summed E-state index contributed by atoms with van der Waals surface area (Å²) in [6.07, 6.45) is 0. The molecule has 0 aliphatic rings. The van der Waals surface area contributed by atoms with Gasteiger partial charge in [0.05, 0.1) is 18.4 Å². The van der Waals surface area contributed by atoms with Gasteiger partial charge in [0.25, 0.3) is 5.95 Å². The van der Waals surface area contributed by atoms with Crippen molar-refractivity contribution in [3.05, 3.63) is 23.3 Å². The van der Waals surface area contributed by atoms with Gasteiger partial charge in [-0.3, -0.25) is 4.79 Å². The Kier molecular flexibility index (Phi) is 4.18. The van der Waals surface area contributed by atoms with E-state index in [1.54, 1.807) is 13.0 Å². The summed E-state index contributed by atoms with van der Waals surface area (Å²) in [5.41, 5.74) is 1.63. The average molecular weight is 287 g/mol. The fraction of sp³-hybridized carbons (Fsp3) is 0.417. The molecule has 21 heavy (non-hydrogen) atoms. The number of esters is 1. The van der Waals surface area contributed by atoms with E-state index in [4.69, 9.17) is 10.00 Å². The van der Waals surface area contributed by atoms with E-state index in [0.29, 0.717) is 0 Å². The molecule has 0 bridgehead atoms. The first kappa shape index (κ1) is 14.5. The Morgan fingerprint density at radius 2 is 2.05 bits per heavy atom. The Morgan fingerprint density at radius 1 is 1.38 bits per heavy atom. The fourth-order valence-electron chi connectivity index (χ4n) is 1.70. The van der Waals surface area contributed by atoms with Crippen LogP contribution in [-0.4, -0.2) is 42.8 Å². The van der Waals surface area contributed by atoms with Gasteiger partial charge in [-0.25, -0.2) is 4.68 Å². The maximum atomic E-state index is 11.6. The molecular formula is C12H13N7O2. The Hall–Kier alpha value is -2.89. The number of carbonyl (C=O) groups is 1. The van der Waals surface area contributed by atoms with Crippen molar-refractivity contribution in [3.63, 3.8) is 0 Å². The minimum atomic E-state index is -1.24. The predicted octanol–water partition coefficient (Wildman–Crippen LogP) is 0.239. The Labute approximate surface area is 120 Å². The van der Waals surface area contributed by atoms with Crippen LogP contribution >= 0.6 is 0 Å². The molecule has 0 saturated heterocycles.